The molecule has 4 nitrogen and oxygen atoms in total. The Kier molecular flexibility index (Phi) is 7.72. The number of methoxy groups -OCH3 is 1. The Morgan fingerprint density at radius 2 is 1.88 bits per heavy atom. The molecule has 3 rings (SSSR count). The van der Waals surface area contributed by atoms with Crippen LogP contribution in [0.25, 0.3) is 0 Å². The molecule has 0 unspecified atom stereocenters. The Morgan fingerprint density at radius 3 is 2.48 bits per heavy atom. The number of hydrogen-bond donors (Lipinski definition) is 1. The Bertz CT molecular complexity index is 538. The van der Waals surface area contributed by atoms with Gasteiger partial charge in [-0.05, 0) is 62.4 Å². The van der Waals surface area contributed by atoms with Crippen molar-refractivity contribution in [3.05, 3.63) is 23.8 Å². The molecule has 1 aromatic rings. The van der Waals surface area contributed by atoms with Crippen molar-refractivity contribution in [3.63, 3.8) is 0 Å². The van der Waals surface area contributed by atoms with Crippen molar-refractivity contribution in [3.8, 4) is 11.5 Å². The van der Waals surface area contributed by atoms with Crippen LogP contribution in [0.1, 0.15) is 31.2 Å². The largest absolute Gasteiger partial charge is 0.493 e. The number of nitrogens with one attached hydrogen (secondary N) is 1. The van der Waals surface area contributed by atoms with E-state index in [2.05, 4.69) is 15.0 Å². The number of piperidine rings is 1. The molecule has 142 valence electrons. The van der Waals surface area contributed by atoms with E-state index in [0.717, 1.165) is 37.7 Å². The van der Waals surface area contributed by atoms with Gasteiger partial charge in [-0.3, -0.25) is 4.90 Å². The maximum Gasteiger partial charge on any atom is 0.387 e. The number of benzene rings is 1. The summed E-state index contributed by atoms with van der Waals surface area (Å²) in [6.45, 7) is 1.32. The van der Waals surface area contributed by atoms with Crippen molar-refractivity contribution in [2.75, 3.05) is 26.7 Å². The number of ether oxygens (including phenoxy) is 2. The van der Waals surface area contributed by atoms with Gasteiger partial charge in [0.25, 0.3) is 0 Å². The summed E-state index contributed by atoms with van der Waals surface area (Å²) < 4.78 is 34.6. The number of rotatable bonds is 8. The zero-order valence-electron chi connectivity index (χ0n) is 14.5. The van der Waals surface area contributed by atoms with E-state index in [1.807, 2.05) is 12.1 Å². The maximum absolute atomic E-state index is 12.4. The highest BCUT2D eigenvalue weighted by molar-refractivity contribution is 5.85. The third kappa shape index (κ3) is 5.97. The monoisotopic (exact) mass is 376 g/mol. The molecule has 0 atom stereocenters. The van der Waals surface area contributed by atoms with Crippen molar-refractivity contribution in [1.29, 1.82) is 0 Å². The number of halogens is 3. The summed E-state index contributed by atoms with van der Waals surface area (Å²) in [6.07, 6.45) is 4.98. The summed E-state index contributed by atoms with van der Waals surface area (Å²) >= 11 is 0. The van der Waals surface area contributed by atoms with Crippen LogP contribution < -0.4 is 14.8 Å². The molecule has 0 bridgehead atoms. The lowest BCUT2D eigenvalue weighted by atomic mass is 9.97. The first kappa shape index (κ1) is 20.2. The van der Waals surface area contributed by atoms with Gasteiger partial charge < -0.3 is 14.8 Å². The van der Waals surface area contributed by atoms with E-state index in [9.17, 15) is 8.78 Å². The molecular weight excluding hydrogens is 350 g/mol. The zero-order valence-corrected chi connectivity index (χ0v) is 15.4. The molecule has 7 heteroatoms. The fourth-order valence-electron chi connectivity index (χ4n) is 3.42. The van der Waals surface area contributed by atoms with E-state index >= 15 is 0 Å². The summed E-state index contributed by atoms with van der Waals surface area (Å²) in [5.41, 5.74) is 1.08. The second-order valence-electron chi connectivity index (χ2n) is 6.72. The second-order valence-corrected chi connectivity index (χ2v) is 6.72. The van der Waals surface area contributed by atoms with Crippen LogP contribution in [0.3, 0.4) is 0 Å². The van der Waals surface area contributed by atoms with E-state index in [-0.39, 0.29) is 18.2 Å². The van der Waals surface area contributed by atoms with Gasteiger partial charge in [-0.25, -0.2) is 0 Å². The van der Waals surface area contributed by atoms with Crippen LogP contribution in [-0.4, -0.2) is 44.3 Å². The van der Waals surface area contributed by atoms with Crippen molar-refractivity contribution in [2.45, 2.75) is 44.9 Å². The first-order valence-electron chi connectivity index (χ1n) is 8.72. The number of alkyl halides is 2. The van der Waals surface area contributed by atoms with Gasteiger partial charge in [0.05, 0.1) is 7.11 Å². The Balaban J connectivity index is 0.00000225. The molecule has 1 aliphatic carbocycles. The lowest BCUT2D eigenvalue weighted by Crippen LogP contribution is -2.37. The molecule has 0 aromatic heterocycles. The molecule has 1 saturated carbocycles. The lowest BCUT2D eigenvalue weighted by molar-refractivity contribution is -0.0512. The molecule has 0 spiro atoms. The van der Waals surface area contributed by atoms with E-state index in [4.69, 9.17) is 4.74 Å². The Morgan fingerprint density at radius 1 is 1.16 bits per heavy atom. The molecule has 1 saturated heterocycles. The third-order valence-electron chi connectivity index (χ3n) is 4.84. The van der Waals surface area contributed by atoms with Gasteiger partial charge in [0.1, 0.15) is 0 Å². The lowest BCUT2D eigenvalue weighted by Gasteiger charge is -2.30. The van der Waals surface area contributed by atoms with Crippen LogP contribution in [0.2, 0.25) is 0 Å². The standard InChI is InChI=1S/C18H26F2N2O2.ClH/c1-23-17-10-14(2-5-16(17)24-18(19)20)12-22(15-3-4-15)11-13-6-8-21-9-7-13;/h2,5,10,13,15,18,21H,3-4,6-9,11-12H2,1H3;1H. The van der Waals surface area contributed by atoms with Crippen molar-refractivity contribution in [1.82, 2.24) is 10.2 Å². The van der Waals surface area contributed by atoms with Crippen LogP contribution >= 0.6 is 12.4 Å². The summed E-state index contributed by atoms with van der Waals surface area (Å²) in [5, 5.41) is 3.41. The normalized spacial score (nSPS) is 18.3. The van der Waals surface area contributed by atoms with E-state index < -0.39 is 6.61 Å². The SMILES string of the molecule is COc1cc(CN(CC2CCNCC2)C2CC2)ccc1OC(F)F.Cl. The smallest absolute Gasteiger partial charge is 0.387 e. The fourth-order valence-corrected chi connectivity index (χ4v) is 3.42. The summed E-state index contributed by atoms with van der Waals surface area (Å²) in [7, 11) is 1.48. The van der Waals surface area contributed by atoms with Crippen LogP contribution in [0.5, 0.6) is 11.5 Å². The number of nitrogens with zero attached hydrogens (tertiary/aromatic N) is 1. The minimum atomic E-state index is -2.84. The Labute approximate surface area is 154 Å². The van der Waals surface area contributed by atoms with Gasteiger partial charge in [0.2, 0.25) is 0 Å². The summed E-state index contributed by atoms with van der Waals surface area (Å²) in [4.78, 5) is 2.54. The third-order valence-corrected chi connectivity index (χ3v) is 4.84. The fraction of sp³-hybridized carbons (Fsp3) is 0.667. The molecule has 1 aromatic carbocycles. The average Bonchev–Trinajstić information content (AvgIpc) is 3.41. The van der Waals surface area contributed by atoms with E-state index in [0.29, 0.717) is 11.8 Å². The van der Waals surface area contributed by atoms with Crippen LogP contribution in [0, 0.1) is 5.92 Å². The van der Waals surface area contributed by atoms with E-state index in [1.54, 1.807) is 6.07 Å². The predicted octanol–water partition coefficient (Wildman–Crippen LogP) is 3.68. The molecule has 0 amide bonds. The highest BCUT2D eigenvalue weighted by atomic mass is 35.5. The molecule has 1 N–H and O–H groups in total. The van der Waals surface area contributed by atoms with Crippen molar-refractivity contribution in [2.24, 2.45) is 5.92 Å². The van der Waals surface area contributed by atoms with Crippen molar-refractivity contribution >= 4 is 12.4 Å². The van der Waals surface area contributed by atoms with Crippen LogP contribution in [0.15, 0.2) is 18.2 Å². The summed E-state index contributed by atoms with van der Waals surface area (Å²) in [6, 6.07) is 5.92. The van der Waals surface area contributed by atoms with Gasteiger partial charge in [-0.1, -0.05) is 6.07 Å². The van der Waals surface area contributed by atoms with Gasteiger partial charge in [-0.2, -0.15) is 8.78 Å². The van der Waals surface area contributed by atoms with Gasteiger partial charge >= 0.3 is 6.61 Å². The van der Waals surface area contributed by atoms with E-state index in [1.165, 1.54) is 32.8 Å². The number of hydrogen-bond acceptors (Lipinski definition) is 4. The second kappa shape index (κ2) is 9.55. The van der Waals surface area contributed by atoms with Gasteiger partial charge in [-0.15, -0.1) is 12.4 Å². The predicted molar refractivity (Wildman–Crippen MR) is 95.9 cm³/mol. The highest BCUT2D eigenvalue weighted by Gasteiger charge is 2.31. The van der Waals surface area contributed by atoms with Gasteiger partial charge in [0.15, 0.2) is 11.5 Å². The van der Waals surface area contributed by atoms with Crippen molar-refractivity contribution < 1.29 is 18.3 Å². The zero-order chi connectivity index (χ0) is 16.9. The quantitative estimate of drug-likeness (QED) is 0.750. The first-order chi connectivity index (χ1) is 11.7. The molecule has 2 fully saturated rings. The topological polar surface area (TPSA) is 33.7 Å². The van der Waals surface area contributed by atoms with Crippen LogP contribution in [0.4, 0.5) is 8.78 Å². The molecule has 25 heavy (non-hydrogen) atoms. The van der Waals surface area contributed by atoms with Crippen LogP contribution in [-0.2, 0) is 6.54 Å². The molecule has 1 aliphatic heterocycles. The molecular formula is C18H27ClF2N2O2. The first-order valence-corrected chi connectivity index (χ1v) is 8.72. The van der Waals surface area contributed by atoms with Gasteiger partial charge in [0, 0.05) is 19.1 Å². The minimum Gasteiger partial charge on any atom is -0.493 e. The minimum absolute atomic E-state index is 0. The Hall–Kier alpha value is -1.11. The maximum atomic E-state index is 12.4. The summed E-state index contributed by atoms with van der Waals surface area (Å²) in [5.74, 6) is 1.20. The molecule has 1 heterocycles. The molecule has 0 radical (unpaired) electrons. The average molecular weight is 377 g/mol. The molecule has 2 aliphatic rings. The highest BCUT2D eigenvalue weighted by Crippen LogP contribution is 2.33.